The molecule has 0 saturated carbocycles. The molecule has 0 fully saturated rings. The highest BCUT2D eigenvalue weighted by Gasteiger charge is 2.08. The topological polar surface area (TPSA) is 58.6 Å². The molecule has 1 atom stereocenters. The van der Waals surface area contributed by atoms with Gasteiger partial charge in [-0.05, 0) is 38.0 Å². The van der Waals surface area contributed by atoms with E-state index >= 15 is 0 Å². The van der Waals surface area contributed by atoms with Crippen molar-refractivity contribution < 1.29 is 14.6 Å². The molecule has 0 saturated heterocycles. The third-order valence-corrected chi connectivity index (χ3v) is 2.79. The first-order valence-corrected chi connectivity index (χ1v) is 7.21. The quantitative estimate of drug-likeness (QED) is 0.767. The minimum atomic E-state index is -0.459. The number of amides is 1. The van der Waals surface area contributed by atoms with Crippen molar-refractivity contribution in [2.75, 3.05) is 6.54 Å². The molecule has 112 valence electrons. The lowest BCUT2D eigenvalue weighted by Gasteiger charge is -2.12. The van der Waals surface area contributed by atoms with Crippen molar-refractivity contribution >= 4 is 5.91 Å². The number of ether oxygens (including phenoxy) is 1. The van der Waals surface area contributed by atoms with E-state index in [4.69, 9.17) is 4.74 Å². The van der Waals surface area contributed by atoms with Gasteiger partial charge in [0, 0.05) is 6.54 Å². The zero-order valence-electron chi connectivity index (χ0n) is 12.6. The molecule has 1 rings (SSSR count). The van der Waals surface area contributed by atoms with E-state index in [2.05, 4.69) is 5.32 Å². The Morgan fingerprint density at radius 1 is 1.40 bits per heavy atom. The molecular formula is C16H25NO3. The zero-order chi connectivity index (χ0) is 15.0. The van der Waals surface area contributed by atoms with Gasteiger partial charge < -0.3 is 15.2 Å². The Kier molecular flexibility index (Phi) is 7.09. The van der Waals surface area contributed by atoms with E-state index in [1.54, 1.807) is 0 Å². The van der Waals surface area contributed by atoms with E-state index in [0.717, 1.165) is 17.7 Å². The Balaban J connectivity index is 2.45. The van der Waals surface area contributed by atoms with Gasteiger partial charge in [-0.2, -0.15) is 0 Å². The van der Waals surface area contributed by atoms with Crippen molar-refractivity contribution in [3.8, 4) is 5.75 Å². The molecule has 0 aliphatic rings. The Labute approximate surface area is 121 Å². The van der Waals surface area contributed by atoms with Gasteiger partial charge in [0.2, 0.25) is 5.91 Å². The fourth-order valence-corrected chi connectivity index (χ4v) is 1.92. The van der Waals surface area contributed by atoms with Gasteiger partial charge in [0.1, 0.15) is 5.75 Å². The van der Waals surface area contributed by atoms with E-state index in [1.165, 1.54) is 0 Å². The van der Waals surface area contributed by atoms with Gasteiger partial charge in [-0.3, -0.25) is 4.79 Å². The van der Waals surface area contributed by atoms with Gasteiger partial charge >= 0.3 is 0 Å². The second-order valence-corrected chi connectivity index (χ2v) is 5.24. The maximum absolute atomic E-state index is 11.8. The smallest absolute Gasteiger partial charge is 0.224 e. The van der Waals surface area contributed by atoms with Crippen LogP contribution in [0.15, 0.2) is 24.3 Å². The molecule has 2 N–H and O–H groups in total. The third kappa shape index (κ3) is 6.57. The summed E-state index contributed by atoms with van der Waals surface area (Å²) in [6, 6.07) is 7.54. The fourth-order valence-electron chi connectivity index (χ4n) is 1.92. The molecule has 0 radical (unpaired) electrons. The number of aliphatic hydroxyl groups excluding tert-OH is 1. The predicted octanol–water partition coefficient (Wildman–Crippen LogP) is 2.29. The Hall–Kier alpha value is -1.55. The van der Waals surface area contributed by atoms with E-state index < -0.39 is 6.10 Å². The Morgan fingerprint density at radius 2 is 2.15 bits per heavy atom. The summed E-state index contributed by atoms with van der Waals surface area (Å²) in [5.41, 5.74) is 0.908. The first kappa shape index (κ1) is 16.5. The largest absolute Gasteiger partial charge is 0.491 e. The summed E-state index contributed by atoms with van der Waals surface area (Å²) < 4.78 is 5.59. The lowest BCUT2D eigenvalue weighted by Crippen LogP contribution is -2.33. The highest BCUT2D eigenvalue weighted by molar-refractivity contribution is 5.78. The van der Waals surface area contributed by atoms with Crippen LogP contribution >= 0.6 is 0 Å². The van der Waals surface area contributed by atoms with Gasteiger partial charge in [0.25, 0.3) is 0 Å². The van der Waals surface area contributed by atoms with Crippen molar-refractivity contribution in [1.82, 2.24) is 5.32 Å². The molecule has 1 unspecified atom stereocenters. The number of hydrogen-bond acceptors (Lipinski definition) is 3. The molecule has 1 amide bonds. The summed E-state index contributed by atoms with van der Waals surface area (Å²) in [5.74, 6) is 0.693. The molecule has 1 aromatic carbocycles. The van der Waals surface area contributed by atoms with Gasteiger partial charge in [-0.1, -0.05) is 25.5 Å². The Bertz CT molecular complexity index is 418. The van der Waals surface area contributed by atoms with Gasteiger partial charge in [-0.15, -0.1) is 0 Å². The van der Waals surface area contributed by atoms with E-state index in [0.29, 0.717) is 19.4 Å². The first-order chi connectivity index (χ1) is 9.51. The number of carbonyl (C=O) groups excluding carboxylic acids is 1. The summed E-state index contributed by atoms with van der Waals surface area (Å²) in [6.45, 7) is 6.25. The molecule has 0 bridgehead atoms. The maximum Gasteiger partial charge on any atom is 0.224 e. The number of nitrogens with one attached hydrogen (secondary N) is 1. The van der Waals surface area contributed by atoms with Crippen LogP contribution in [0.3, 0.4) is 0 Å². The zero-order valence-corrected chi connectivity index (χ0v) is 12.6. The Morgan fingerprint density at radius 3 is 2.80 bits per heavy atom. The van der Waals surface area contributed by atoms with Crippen LogP contribution in [0.25, 0.3) is 0 Å². The first-order valence-electron chi connectivity index (χ1n) is 7.21. The number of rotatable bonds is 8. The predicted molar refractivity (Wildman–Crippen MR) is 79.8 cm³/mol. The molecule has 0 spiro atoms. The van der Waals surface area contributed by atoms with Crippen molar-refractivity contribution in [1.29, 1.82) is 0 Å². The standard InChI is InChI=1S/C16H25NO3/c1-4-6-14(18)11-17-16(19)10-13-7-5-8-15(9-13)20-12(2)3/h5,7-9,12,14,18H,4,6,10-11H2,1-3H3,(H,17,19). The van der Waals surface area contributed by atoms with E-state index in [1.807, 2.05) is 45.0 Å². The van der Waals surface area contributed by atoms with Crippen molar-refractivity contribution in [3.63, 3.8) is 0 Å². The average Bonchev–Trinajstić information content (AvgIpc) is 2.36. The van der Waals surface area contributed by atoms with Crippen molar-refractivity contribution in [2.45, 2.75) is 52.2 Å². The van der Waals surface area contributed by atoms with Crippen LogP contribution in [0.2, 0.25) is 0 Å². The minimum absolute atomic E-state index is 0.0816. The molecule has 0 heterocycles. The highest BCUT2D eigenvalue weighted by atomic mass is 16.5. The SMILES string of the molecule is CCCC(O)CNC(=O)Cc1cccc(OC(C)C)c1. The molecule has 0 aliphatic heterocycles. The molecule has 0 aliphatic carbocycles. The average molecular weight is 279 g/mol. The fraction of sp³-hybridized carbons (Fsp3) is 0.562. The maximum atomic E-state index is 11.8. The molecule has 0 aromatic heterocycles. The van der Waals surface area contributed by atoms with Crippen LogP contribution < -0.4 is 10.1 Å². The van der Waals surface area contributed by atoms with Crippen LogP contribution in [0.4, 0.5) is 0 Å². The summed E-state index contributed by atoms with van der Waals surface area (Å²) in [5, 5.41) is 12.3. The molecular weight excluding hydrogens is 254 g/mol. The normalized spacial score (nSPS) is 12.2. The second-order valence-electron chi connectivity index (χ2n) is 5.24. The number of aliphatic hydroxyl groups is 1. The number of benzene rings is 1. The molecule has 4 heteroatoms. The number of carbonyl (C=O) groups is 1. The summed E-state index contributed by atoms with van der Waals surface area (Å²) >= 11 is 0. The second kappa shape index (κ2) is 8.59. The summed E-state index contributed by atoms with van der Waals surface area (Å²) in [6.07, 6.45) is 1.57. The van der Waals surface area contributed by atoms with Crippen LogP contribution in [-0.2, 0) is 11.2 Å². The van der Waals surface area contributed by atoms with Gasteiger partial charge in [0.15, 0.2) is 0 Å². The molecule has 20 heavy (non-hydrogen) atoms. The summed E-state index contributed by atoms with van der Waals surface area (Å²) in [7, 11) is 0. The molecule has 1 aromatic rings. The lowest BCUT2D eigenvalue weighted by molar-refractivity contribution is -0.120. The van der Waals surface area contributed by atoms with Crippen molar-refractivity contribution in [3.05, 3.63) is 29.8 Å². The third-order valence-electron chi connectivity index (χ3n) is 2.79. The van der Waals surface area contributed by atoms with Gasteiger partial charge in [0.05, 0.1) is 18.6 Å². The lowest BCUT2D eigenvalue weighted by atomic mass is 10.1. The van der Waals surface area contributed by atoms with E-state index in [-0.39, 0.29) is 12.0 Å². The van der Waals surface area contributed by atoms with Crippen LogP contribution in [0.5, 0.6) is 5.75 Å². The van der Waals surface area contributed by atoms with E-state index in [9.17, 15) is 9.90 Å². The highest BCUT2D eigenvalue weighted by Crippen LogP contribution is 2.15. The van der Waals surface area contributed by atoms with Crippen LogP contribution in [-0.4, -0.2) is 29.8 Å². The van der Waals surface area contributed by atoms with Crippen LogP contribution in [0, 0.1) is 0 Å². The summed E-state index contributed by atoms with van der Waals surface area (Å²) in [4.78, 5) is 11.8. The van der Waals surface area contributed by atoms with Crippen molar-refractivity contribution in [2.24, 2.45) is 0 Å². The van der Waals surface area contributed by atoms with Gasteiger partial charge in [-0.25, -0.2) is 0 Å². The monoisotopic (exact) mass is 279 g/mol. The van der Waals surface area contributed by atoms with Crippen LogP contribution in [0.1, 0.15) is 39.2 Å². The number of hydrogen-bond donors (Lipinski definition) is 2. The molecule has 4 nitrogen and oxygen atoms in total. The minimum Gasteiger partial charge on any atom is -0.491 e.